The van der Waals surface area contributed by atoms with E-state index >= 15 is 0 Å². The summed E-state index contributed by atoms with van der Waals surface area (Å²) in [6.45, 7) is 12.2. The average molecular weight is 576 g/mol. The Morgan fingerprint density at radius 1 is 0.952 bits per heavy atom. The van der Waals surface area contributed by atoms with Crippen LogP contribution in [0.3, 0.4) is 0 Å². The number of piperidine rings is 1. The Morgan fingerprint density at radius 2 is 1.62 bits per heavy atom. The lowest BCUT2D eigenvalue weighted by Crippen LogP contribution is -2.46. The van der Waals surface area contributed by atoms with Crippen molar-refractivity contribution >= 4 is 24.1 Å². The minimum atomic E-state index is 0.495. The van der Waals surface area contributed by atoms with E-state index in [-0.39, 0.29) is 0 Å². The zero-order valence-electron chi connectivity index (χ0n) is 26.2. The maximum absolute atomic E-state index is 11.8. The predicted molar refractivity (Wildman–Crippen MR) is 175 cm³/mol. The number of benzene rings is 2. The van der Waals surface area contributed by atoms with E-state index in [0.717, 1.165) is 101 Å². The number of aryl methyl sites for hydroxylation is 1. The van der Waals surface area contributed by atoms with Crippen LogP contribution in [0.2, 0.25) is 0 Å². The highest BCUT2D eigenvalue weighted by Gasteiger charge is 2.23. The van der Waals surface area contributed by atoms with Gasteiger partial charge in [0.25, 0.3) is 0 Å². The van der Waals surface area contributed by atoms with Gasteiger partial charge in [-0.05, 0) is 119 Å². The third kappa shape index (κ3) is 9.05. The van der Waals surface area contributed by atoms with Gasteiger partial charge in [0.2, 0.25) is 6.41 Å². The lowest BCUT2D eigenvalue weighted by Gasteiger charge is -2.38. The van der Waals surface area contributed by atoms with Crippen LogP contribution in [0, 0.1) is 11.8 Å². The first kappa shape index (κ1) is 32.0. The van der Waals surface area contributed by atoms with E-state index in [9.17, 15) is 9.59 Å². The molecule has 4 rings (SSSR count). The first-order chi connectivity index (χ1) is 20.5. The highest BCUT2D eigenvalue weighted by atomic mass is 16.1. The van der Waals surface area contributed by atoms with E-state index in [1.807, 2.05) is 6.07 Å². The van der Waals surface area contributed by atoms with Gasteiger partial charge in [-0.3, -0.25) is 14.5 Å². The molecule has 7 heteroatoms. The van der Waals surface area contributed by atoms with Crippen LogP contribution in [0.1, 0.15) is 73.9 Å². The van der Waals surface area contributed by atoms with Gasteiger partial charge in [0.15, 0.2) is 0 Å². The topological polar surface area (TPSA) is 67.9 Å². The second-order valence-electron chi connectivity index (χ2n) is 12.4. The Labute approximate surface area is 254 Å². The highest BCUT2D eigenvalue weighted by Crippen LogP contribution is 2.29. The van der Waals surface area contributed by atoms with Crippen LogP contribution < -0.4 is 20.4 Å². The van der Waals surface area contributed by atoms with Crippen molar-refractivity contribution in [1.29, 1.82) is 0 Å². The molecule has 0 bridgehead atoms. The molecule has 2 aromatic carbocycles. The number of hydrogen-bond acceptors (Lipinski definition) is 6. The van der Waals surface area contributed by atoms with Crippen molar-refractivity contribution < 1.29 is 9.59 Å². The van der Waals surface area contributed by atoms with Crippen molar-refractivity contribution in [1.82, 2.24) is 15.5 Å². The van der Waals surface area contributed by atoms with Crippen molar-refractivity contribution in [3.63, 3.8) is 0 Å². The van der Waals surface area contributed by atoms with Gasteiger partial charge >= 0.3 is 0 Å². The Balaban J connectivity index is 1.30. The number of anilines is 2. The fraction of sp³-hybridized carbons (Fsp3) is 0.600. The zero-order valence-corrected chi connectivity index (χ0v) is 26.2. The molecule has 0 radical (unpaired) electrons. The molecule has 2 N–H and O–H groups in total. The van der Waals surface area contributed by atoms with Crippen LogP contribution in [0.15, 0.2) is 42.5 Å². The number of rotatable bonds is 16. The summed E-state index contributed by atoms with van der Waals surface area (Å²) in [4.78, 5) is 29.8. The van der Waals surface area contributed by atoms with Crippen LogP contribution in [-0.4, -0.2) is 76.5 Å². The molecular weight excluding hydrogens is 522 g/mol. The van der Waals surface area contributed by atoms with E-state index in [2.05, 4.69) is 82.6 Å². The molecule has 42 heavy (non-hydrogen) atoms. The summed E-state index contributed by atoms with van der Waals surface area (Å²) in [5, 5.41) is 6.36. The van der Waals surface area contributed by atoms with Crippen molar-refractivity contribution in [2.24, 2.45) is 11.8 Å². The number of aldehydes is 1. The molecule has 2 fully saturated rings. The normalized spacial score (nSPS) is 17.7. The second-order valence-corrected chi connectivity index (χ2v) is 12.4. The largest absolute Gasteiger partial charge is 0.368 e. The zero-order chi connectivity index (χ0) is 29.7. The van der Waals surface area contributed by atoms with E-state index in [4.69, 9.17) is 0 Å². The van der Waals surface area contributed by atoms with Crippen LogP contribution in [0.4, 0.5) is 11.4 Å². The van der Waals surface area contributed by atoms with E-state index < -0.39 is 0 Å². The fourth-order valence-electron chi connectivity index (χ4n) is 6.81. The molecule has 2 aliphatic rings. The minimum absolute atomic E-state index is 0.495. The summed E-state index contributed by atoms with van der Waals surface area (Å²) >= 11 is 0. The van der Waals surface area contributed by atoms with Crippen molar-refractivity contribution in [3.8, 4) is 0 Å². The quantitative estimate of drug-likeness (QED) is 0.214. The number of piperazine rings is 1. The van der Waals surface area contributed by atoms with Gasteiger partial charge in [-0.25, -0.2) is 0 Å². The van der Waals surface area contributed by atoms with Crippen LogP contribution in [-0.2, 0) is 17.8 Å². The van der Waals surface area contributed by atoms with E-state index in [1.54, 1.807) is 0 Å². The molecule has 2 atom stereocenters. The maximum atomic E-state index is 11.8. The highest BCUT2D eigenvalue weighted by molar-refractivity contribution is 5.78. The van der Waals surface area contributed by atoms with Crippen LogP contribution in [0.5, 0.6) is 0 Å². The summed E-state index contributed by atoms with van der Waals surface area (Å²) in [6.07, 6.45) is 9.98. The summed E-state index contributed by atoms with van der Waals surface area (Å²) in [5.74, 6) is 1.42. The standard InChI is InChI=1S/C35H53N5O2/c1-4-5-28(2)38(3)25-33-24-35(13-10-32(33)26-41)40-22-20-39(21-23-40)34-11-7-29(8-12-34)6-9-30(16-19-37-27-42)31-14-17-36-18-15-31/h7-8,10-13,24,26-28,30-31,36H,4-6,9,14-23,25H2,1-3H3,(H,37,42). The van der Waals surface area contributed by atoms with Gasteiger partial charge in [-0.2, -0.15) is 0 Å². The molecule has 230 valence electrons. The molecule has 2 aliphatic heterocycles. The fourth-order valence-corrected chi connectivity index (χ4v) is 6.81. The third-order valence-electron chi connectivity index (χ3n) is 9.68. The van der Waals surface area contributed by atoms with Crippen molar-refractivity contribution in [2.75, 3.05) is 62.7 Å². The van der Waals surface area contributed by atoms with Crippen LogP contribution in [0.25, 0.3) is 0 Å². The molecule has 2 unspecified atom stereocenters. The lowest BCUT2D eigenvalue weighted by atomic mass is 9.79. The van der Waals surface area contributed by atoms with Gasteiger partial charge < -0.3 is 20.4 Å². The Kier molecular flexibility index (Phi) is 12.7. The number of hydrogen-bond donors (Lipinski definition) is 2. The maximum Gasteiger partial charge on any atom is 0.207 e. The first-order valence-electron chi connectivity index (χ1n) is 16.3. The Bertz CT molecular complexity index is 1090. The van der Waals surface area contributed by atoms with E-state index in [0.29, 0.717) is 12.0 Å². The molecule has 2 saturated heterocycles. The number of carbonyl (C=O) groups is 2. The molecule has 0 spiro atoms. The van der Waals surface area contributed by atoms with Crippen LogP contribution >= 0.6 is 0 Å². The van der Waals surface area contributed by atoms with Crippen molar-refractivity contribution in [2.45, 2.75) is 71.4 Å². The number of nitrogens with one attached hydrogen (secondary N) is 2. The van der Waals surface area contributed by atoms with Gasteiger partial charge in [0.1, 0.15) is 6.29 Å². The predicted octanol–water partition coefficient (Wildman–Crippen LogP) is 5.13. The summed E-state index contributed by atoms with van der Waals surface area (Å²) in [7, 11) is 2.16. The van der Waals surface area contributed by atoms with Gasteiger partial charge in [-0.15, -0.1) is 0 Å². The molecule has 2 aromatic rings. The Hall–Kier alpha value is -2.90. The molecule has 7 nitrogen and oxygen atoms in total. The molecule has 2 heterocycles. The molecular formula is C35H53N5O2. The van der Waals surface area contributed by atoms with Gasteiger partial charge in [0, 0.05) is 62.2 Å². The molecule has 0 saturated carbocycles. The molecule has 1 amide bonds. The smallest absolute Gasteiger partial charge is 0.207 e. The molecule has 0 aliphatic carbocycles. The average Bonchev–Trinajstić information content (AvgIpc) is 3.03. The van der Waals surface area contributed by atoms with Gasteiger partial charge in [-0.1, -0.05) is 25.5 Å². The third-order valence-corrected chi connectivity index (χ3v) is 9.68. The lowest BCUT2D eigenvalue weighted by molar-refractivity contribution is -0.109. The van der Waals surface area contributed by atoms with Gasteiger partial charge in [0.05, 0.1) is 0 Å². The van der Waals surface area contributed by atoms with Crippen molar-refractivity contribution in [3.05, 3.63) is 59.2 Å². The summed E-state index contributed by atoms with van der Waals surface area (Å²) in [6, 6.07) is 16.0. The van der Waals surface area contributed by atoms with E-state index in [1.165, 1.54) is 42.6 Å². The monoisotopic (exact) mass is 575 g/mol. The summed E-state index contributed by atoms with van der Waals surface area (Å²) in [5.41, 5.74) is 5.84. The summed E-state index contributed by atoms with van der Waals surface area (Å²) < 4.78 is 0. The number of amides is 1. The number of carbonyl (C=O) groups excluding carboxylic acids is 2. The minimum Gasteiger partial charge on any atom is -0.368 e. The molecule has 0 aromatic heterocycles. The first-order valence-corrected chi connectivity index (χ1v) is 16.3. The Morgan fingerprint density at radius 3 is 2.26 bits per heavy atom. The number of nitrogens with zero attached hydrogens (tertiary/aromatic N) is 3. The second kappa shape index (κ2) is 16.7. The SMILES string of the molecule is CCCC(C)N(C)Cc1cc(N2CCN(c3ccc(CCC(CCNC=O)C4CCNCC4)cc3)CC2)ccc1C=O.